The topological polar surface area (TPSA) is 64.4 Å². The molecule has 0 aromatic carbocycles. The van der Waals surface area contributed by atoms with Crippen molar-refractivity contribution in [3.8, 4) is 10.8 Å². The van der Waals surface area contributed by atoms with Gasteiger partial charge in [0.1, 0.15) is 5.69 Å². The molecule has 2 rings (SSSR count). The van der Waals surface area contributed by atoms with Crippen molar-refractivity contribution in [1.29, 1.82) is 0 Å². The fourth-order valence-corrected chi connectivity index (χ4v) is 1.80. The van der Waals surface area contributed by atoms with Crippen LogP contribution in [0.4, 0.5) is 0 Å². The normalized spacial score (nSPS) is 10.2. The Hall–Kier alpha value is -1.66. The zero-order valence-electron chi connectivity index (χ0n) is 7.89. The number of carbonyl (C=O) groups excluding carboxylic acids is 1. The first-order chi connectivity index (χ1) is 7.31. The van der Waals surface area contributed by atoms with Crippen molar-refractivity contribution in [3.63, 3.8) is 0 Å². The summed E-state index contributed by atoms with van der Waals surface area (Å²) in [5, 5.41) is 2.31. The van der Waals surface area contributed by atoms with Crippen LogP contribution in [0, 0.1) is 0 Å². The van der Waals surface area contributed by atoms with Crippen molar-refractivity contribution in [3.05, 3.63) is 29.5 Å². The van der Waals surface area contributed by atoms with Gasteiger partial charge < -0.3 is 4.42 Å². The second kappa shape index (κ2) is 4.24. The molecule has 15 heavy (non-hydrogen) atoms. The number of thiazole rings is 1. The number of aromatic nitrogens is 1. The van der Waals surface area contributed by atoms with E-state index in [9.17, 15) is 4.79 Å². The lowest BCUT2D eigenvalue weighted by Crippen LogP contribution is -2.21. The predicted molar refractivity (Wildman–Crippen MR) is 54.3 cm³/mol. The summed E-state index contributed by atoms with van der Waals surface area (Å²) in [5.74, 6) is 0.281. The first-order valence-corrected chi connectivity index (χ1v) is 5.02. The highest BCUT2D eigenvalue weighted by Gasteiger charge is 2.12. The standard InChI is InChI=1S/C9H8N2O3S/c1-13-11-8(12)6-5-15-9(10-6)7-3-2-4-14-7/h2-5H,1H3,(H,11,12). The molecule has 0 saturated heterocycles. The van der Waals surface area contributed by atoms with E-state index in [2.05, 4.69) is 15.3 Å². The third kappa shape index (κ3) is 2.05. The molecule has 2 aromatic heterocycles. The smallest absolute Gasteiger partial charge is 0.294 e. The average Bonchev–Trinajstić information content (AvgIpc) is 2.89. The number of amides is 1. The van der Waals surface area contributed by atoms with Crippen LogP contribution in [-0.2, 0) is 4.84 Å². The molecule has 0 radical (unpaired) electrons. The van der Waals surface area contributed by atoms with Gasteiger partial charge >= 0.3 is 0 Å². The van der Waals surface area contributed by atoms with Crippen LogP contribution in [0.25, 0.3) is 10.8 Å². The van der Waals surface area contributed by atoms with Crippen molar-refractivity contribution in [2.24, 2.45) is 0 Å². The Morgan fingerprint density at radius 1 is 1.67 bits per heavy atom. The van der Waals surface area contributed by atoms with Gasteiger partial charge in [-0.15, -0.1) is 11.3 Å². The van der Waals surface area contributed by atoms with Crippen LogP contribution in [-0.4, -0.2) is 18.0 Å². The lowest BCUT2D eigenvalue weighted by Gasteiger charge is -1.96. The minimum absolute atomic E-state index is 0.313. The highest BCUT2D eigenvalue weighted by Crippen LogP contribution is 2.23. The van der Waals surface area contributed by atoms with Gasteiger partial charge in [-0.3, -0.25) is 9.63 Å². The molecule has 0 atom stereocenters. The molecule has 2 heterocycles. The van der Waals surface area contributed by atoms with E-state index in [0.717, 1.165) is 0 Å². The van der Waals surface area contributed by atoms with E-state index < -0.39 is 0 Å². The van der Waals surface area contributed by atoms with E-state index in [1.807, 2.05) is 0 Å². The monoisotopic (exact) mass is 224 g/mol. The minimum Gasteiger partial charge on any atom is -0.462 e. The minimum atomic E-state index is -0.369. The van der Waals surface area contributed by atoms with Gasteiger partial charge in [0.05, 0.1) is 13.4 Å². The molecule has 0 unspecified atom stereocenters. The fourth-order valence-electron chi connectivity index (χ4n) is 1.04. The molecule has 78 valence electrons. The summed E-state index contributed by atoms with van der Waals surface area (Å²) in [6.45, 7) is 0. The summed E-state index contributed by atoms with van der Waals surface area (Å²) in [6, 6.07) is 3.56. The number of rotatable bonds is 3. The summed E-state index contributed by atoms with van der Waals surface area (Å²) >= 11 is 1.34. The lowest BCUT2D eigenvalue weighted by molar-refractivity contribution is 0.0533. The number of nitrogens with zero attached hydrogens (tertiary/aromatic N) is 1. The van der Waals surface area contributed by atoms with Crippen molar-refractivity contribution in [1.82, 2.24) is 10.5 Å². The van der Waals surface area contributed by atoms with Crippen LogP contribution in [0.15, 0.2) is 28.2 Å². The number of furan rings is 1. The van der Waals surface area contributed by atoms with Gasteiger partial charge in [0.2, 0.25) is 0 Å². The summed E-state index contributed by atoms with van der Waals surface area (Å²) in [5.41, 5.74) is 2.51. The van der Waals surface area contributed by atoms with E-state index in [-0.39, 0.29) is 5.91 Å². The average molecular weight is 224 g/mol. The third-order valence-corrected chi connectivity index (χ3v) is 2.52. The van der Waals surface area contributed by atoms with Crippen molar-refractivity contribution in [2.75, 3.05) is 7.11 Å². The van der Waals surface area contributed by atoms with Crippen molar-refractivity contribution >= 4 is 17.2 Å². The first-order valence-electron chi connectivity index (χ1n) is 4.14. The second-order valence-corrected chi connectivity index (χ2v) is 3.51. The number of hydrogen-bond donors (Lipinski definition) is 1. The Morgan fingerprint density at radius 3 is 3.20 bits per heavy atom. The lowest BCUT2D eigenvalue weighted by atomic mass is 10.4. The molecule has 0 saturated carbocycles. The summed E-state index contributed by atoms with van der Waals surface area (Å²) in [4.78, 5) is 19.9. The van der Waals surface area contributed by atoms with Crippen molar-refractivity contribution < 1.29 is 14.0 Å². The van der Waals surface area contributed by atoms with Gasteiger partial charge in [-0.1, -0.05) is 0 Å². The van der Waals surface area contributed by atoms with Crippen LogP contribution >= 0.6 is 11.3 Å². The van der Waals surface area contributed by atoms with Crippen LogP contribution < -0.4 is 5.48 Å². The molecule has 5 nitrogen and oxygen atoms in total. The van der Waals surface area contributed by atoms with Crippen LogP contribution in [0.1, 0.15) is 10.5 Å². The molecule has 0 aliphatic carbocycles. The molecule has 0 aliphatic heterocycles. The Morgan fingerprint density at radius 2 is 2.53 bits per heavy atom. The molecule has 0 fully saturated rings. The molecule has 0 aliphatic rings. The molecular formula is C9H8N2O3S. The summed E-state index contributed by atoms with van der Waals surface area (Å²) in [6.07, 6.45) is 1.56. The van der Waals surface area contributed by atoms with Crippen molar-refractivity contribution in [2.45, 2.75) is 0 Å². The molecule has 1 amide bonds. The first kappa shape index (κ1) is 9.88. The molecule has 0 bridgehead atoms. The summed E-state index contributed by atoms with van der Waals surface area (Å²) < 4.78 is 5.16. The Kier molecular flexibility index (Phi) is 2.79. The Bertz CT molecular complexity index is 450. The third-order valence-electron chi connectivity index (χ3n) is 1.66. The SMILES string of the molecule is CONC(=O)c1csc(-c2ccco2)n1. The molecule has 6 heteroatoms. The Balaban J connectivity index is 2.21. The number of nitrogens with one attached hydrogen (secondary N) is 1. The van der Waals surface area contributed by atoms with Gasteiger partial charge in [0.25, 0.3) is 5.91 Å². The second-order valence-electron chi connectivity index (χ2n) is 2.65. The molecular weight excluding hydrogens is 216 g/mol. The van der Waals surface area contributed by atoms with Gasteiger partial charge in [0, 0.05) is 5.38 Å². The zero-order valence-corrected chi connectivity index (χ0v) is 8.71. The molecule has 0 spiro atoms. The fraction of sp³-hybridized carbons (Fsp3) is 0.111. The zero-order chi connectivity index (χ0) is 10.7. The van der Waals surface area contributed by atoms with Gasteiger partial charge in [0.15, 0.2) is 10.8 Å². The Labute approximate surface area is 89.7 Å². The van der Waals surface area contributed by atoms with Gasteiger partial charge in [-0.2, -0.15) is 0 Å². The number of hydrogen-bond acceptors (Lipinski definition) is 5. The largest absolute Gasteiger partial charge is 0.462 e. The maximum atomic E-state index is 11.3. The maximum Gasteiger partial charge on any atom is 0.294 e. The van der Waals surface area contributed by atoms with Crippen LogP contribution in [0.2, 0.25) is 0 Å². The van der Waals surface area contributed by atoms with E-state index in [4.69, 9.17) is 4.42 Å². The predicted octanol–water partition coefficient (Wildman–Crippen LogP) is 1.69. The van der Waals surface area contributed by atoms with Crippen LogP contribution in [0.5, 0.6) is 0 Å². The van der Waals surface area contributed by atoms with E-state index >= 15 is 0 Å². The molecule has 2 aromatic rings. The number of carbonyl (C=O) groups is 1. The highest BCUT2D eigenvalue weighted by molar-refractivity contribution is 7.13. The maximum absolute atomic E-state index is 11.3. The van der Waals surface area contributed by atoms with E-state index in [1.165, 1.54) is 18.4 Å². The molecule has 1 N–H and O–H groups in total. The van der Waals surface area contributed by atoms with Crippen LogP contribution in [0.3, 0.4) is 0 Å². The highest BCUT2D eigenvalue weighted by atomic mass is 32.1. The number of hydroxylamine groups is 1. The quantitative estimate of drug-likeness (QED) is 0.806. The van der Waals surface area contributed by atoms with Gasteiger partial charge in [-0.25, -0.2) is 10.5 Å². The van der Waals surface area contributed by atoms with Gasteiger partial charge in [-0.05, 0) is 12.1 Å². The van der Waals surface area contributed by atoms with E-state index in [1.54, 1.807) is 23.8 Å². The summed E-state index contributed by atoms with van der Waals surface area (Å²) in [7, 11) is 1.37. The van der Waals surface area contributed by atoms with E-state index in [0.29, 0.717) is 16.5 Å².